The van der Waals surface area contributed by atoms with Crippen molar-refractivity contribution >= 4 is 23.6 Å². The second kappa shape index (κ2) is 9.43. The molecule has 0 saturated heterocycles. The Bertz CT molecular complexity index is 1240. The summed E-state index contributed by atoms with van der Waals surface area (Å²) in [6, 6.07) is 37.3. The molecule has 0 spiro atoms. The summed E-state index contributed by atoms with van der Waals surface area (Å²) in [5.74, 6) is 3.06. The highest BCUT2D eigenvalue weighted by atomic mass is 31.2. The third kappa shape index (κ3) is 4.75. The van der Waals surface area contributed by atoms with Gasteiger partial charge in [-0.15, -0.1) is 0 Å². The van der Waals surface area contributed by atoms with Crippen molar-refractivity contribution in [1.82, 2.24) is 0 Å². The molecule has 1 amide bonds. The zero-order valence-corrected chi connectivity index (χ0v) is 18.2. The molecule has 4 aromatic carbocycles. The van der Waals surface area contributed by atoms with Crippen LogP contribution in [-0.4, -0.2) is 5.91 Å². The van der Waals surface area contributed by atoms with Crippen LogP contribution in [0.2, 0.25) is 0 Å². The van der Waals surface area contributed by atoms with E-state index >= 15 is 0 Å². The molecule has 0 unspecified atom stereocenters. The normalized spacial score (nSPS) is 10.6. The maximum atomic E-state index is 13.3. The number of carbonyl (C=O) groups excluding carboxylic acids is 1. The average molecular weight is 419 g/mol. The molecule has 3 heteroatoms. The van der Waals surface area contributed by atoms with Crippen LogP contribution in [-0.2, 0) is 0 Å². The highest BCUT2D eigenvalue weighted by molar-refractivity contribution is 7.85. The van der Waals surface area contributed by atoms with Gasteiger partial charge in [0, 0.05) is 21.7 Å². The Balaban J connectivity index is 1.99. The number of carbonyl (C=O) groups is 1. The molecule has 4 aromatic rings. The van der Waals surface area contributed by atoms with Crippen molar-refractivity contribution in [2.45, 2.75) is 6.92 Å². The number of hydrogen-bond acceptors (Lipinski definition) is 1. The van der Waals surface area contributed by atoms with Gasteiger partial charge < -0.3 is 0 Å². The molecular weight excluding hydrogens is 397 g/mol. The number of benzene rings is 4. The van der Waals surface area contributed by atoms with E-state index < -0.39 is 7.05 Å². The molecule has 0 fully saturated rings. The maximum Gasteiger partial charge on any atom is 0.277 e. The number of rotatable bonds is 3. The van der Waals surface area contributed by atoms with Crippen LogP contribution in [0.25, 0.3) is 0 Å². The van der Waals surface area contributed by atoms with Gasteiger partial charge in [0.2, 0.25) is 0 Å². The fourth-order valence-corrected chi connectivity index (χ4v) is 5.99. The topological polar surface area (TPSA) is 29.4 Å². The molecule has 0 bridgehead atoms. The van der Waals surface area contributed by atoms with Crippen molar-refractivity contribution in [2.24, 2.45) is 4.74 Å². The third-order valence-electron chi connectivity index (χ3n) is 4.93. The Hall–Kier alpha value is -3.66. The van der Waals surface area contributed by atoms with E-state index in [1.165, 1.54) is 0 Å². The molecule has 0 aliphatic carbocycles. The fourth-order valence-electron chi connectivity index (χ4n) is 3.26. The predicted molar refractivity (Wildman–Crippen MR) is 130 cm³/mol. The van der Waals surface area contributed by atoms with E-state index in [9.17, 15) is 4.79 Å². The van der Waals surface area contributed by atoms with Crippen molar-refractivity contribution < 1.29 is 4.79 Å². The van der Waals surface area contributed by atoms with Crippen molar-refractivity contribution in [2.75, 3.05) is 0 Å². The minimum atomic E-state index is -2.69. The van der Waals surface area contributed by atoms with Crippen molar-refractivity contribution in [3.63, 3.8) is 0 Å². The Morgan fingerprint density at radius 3 is 1.68 bits per heavy atom. The molecule has 0 N–H and O–H groups in total. The Morgan fingerprint density at radius 2 is 1.16 bits per heavy atom. The van der Waals surface area contributed by atoms with Gasteiger partial charge >= 0.3 is 0 Å². The van der Waals surface area contributed by atoms with E-state index in [4.69, 9.17) is 4.74 Å². The largest absolute Gasteiger partial charge is 0.277 e. The molecule has 2 nitrogen and oxygen atoms in total. The molecule has 0 radical (unpaired) electrons. The molecule has 0 aliphatic rings. The van der Waals surface area contributed by atoms with Crippen LogP contribution in [0.3, 0.4) is 0 Å². The Morgan fingerprint density at radius 1 is 0.677 bits per heavy atom. The van der Waals surface area contributed by atoms with Crippen molar-refractivity contribution in [3.8, 4) is 11.6 Å². The summed E-state index contributed by atoms with van der Waals surface area (Å²) in [6.07, 6.45) is 0. The first kappa shape index (κ1) is 20.6. The lowest BCUT2D eigenvalue weighted by atomic mass is 10.1. The summed E-state index contributed by atoms with van der Waals surface area (Å²) in [5.41, 5.74) is 6.04. The summed E-state index contributed by atoms with van der Waals surface area (Å²) < 4.78 is 4.86. The van der Waals surface area contributed by atoms with Crippen LogP contribution in [0.1, 0.15) is 21.5 Å². The predicted octanol–water partition coefficient (Wildman–Crippen LogP) is 6.00. The number of aryl methyl sites for hydroxylation is 1. The second-order valence-electron chi connectivity index (χ2n) is 7.18. The lowest BCUT2D eigenvalue weighted by Gasteiger charge is -2.20. The molecule has 31 heavy (non-hydrogen) atoms. The van der Waals surface area contributed by atoms with Crippen LogP contribution in [0, 0.1) is 18.5 Å². The summed E-state index contributed by atoms with van der Waals surface area (Å²) in [6.45, 7) is 2.00. The monoisotopic (exact) mass is 419 g/mol. The molecule has 0 heterocycles. The zero-order chi connectivity index (χ0) is 21.5. The smallest absolute Gasteiger partial charge is 0.267 e. The highest BCUT2D eigenvalue weighted by Crippen LogP contribution is 2.47. The molecule has 0 atom stereocenters. The van der Waals surface area contributed by atoms with Gasteiger partial charge in [-0.1, -0.05) is 102 Å². The summed E-state index contributed by atoms with van der Waals surface area (Å²) in [4.78, 5) is 13.3. The highest BCUT2D eigenvalue weighted by Gasteiger charge is 2.25. The van der Waals surface area contributed by atoms with Gasteiger partial charge in [0.25, 0.3) is 5.91 Å². The average Bonchev–Trinajstić information content (AvgIpc) is 2.84. The molecule has 0 aromatic heterocycles. The lowest BCUT2D eigenvalue weighted by Crippen LogP contribution is -2.16. The van der Waals surface area contributed by atoms with E-state index in [0.29, 0.717) is 5.56 Å². The molecular formula is C28H22NOP. The SMILES string of the molecule is Cc1ccc(C(=O)N=P(C#Cc2ccccc2)(c2ccccc2)c2ccccc2)cc1. The minimum Gasteiger partial charge on any atom is -0.267 e. The molecule has 150 valence electrons. The van der Waals surface area contributed by atoms with E-state index in [-0.39, 0.29) is 5.91 Å². The minimum absolute atomic E-state index is 0.247. The number of hydrogen-bond donors (Lipinski definition) is 0. The van der Waals surface area contributed by atoms with Gasteiger partial charge in [0.15, 0.2) is 0 Å². The van der Waals surface area contributed by atoms with Crippen LogP contribution in [0.15, 0.2) is 120 Å². The Labute approximate surface area is 183 Å². The molecule has 0 aliphatic heterocycles. The zero-order valence-electron chi connectivity index (χ0n) is 17.3. The molecule has 0 saturated carbocycles. The summed E-state index contributed by atoms with van der Waals surface area (Å²) >= 11 is 0. The summed E-state index contributed by atoms with van der Waals surface area (Å²) in [7, 11) is -2.69. The van der Waals surface area contributed by atoms with Crippen LogP contribution in [0.4, 0.5) is 0 Å². The van der Waals surface area contributed by atoms with Gasteiger partial charge in [-0.2, -0.15) is 0 Å². The van der Waals surface area contributed by atoms with Crippen LogP contribution in [0.5, 0.6) is 0 Å². The van der Waals surface area contributed by atoms with E-state index in [1.54, 1.807) is 0 Å². The van der Waals surface area contributed by atoms with Crippen molar-refractivity contribution in [3.05, 3.63) is 132 Å². The quantitative estimate of drug-likeness (QED) is 0.296. The van der Waals surface area contributed by atoms with Crippen LogP contribution < -0.4 is 10.6 Å². The van der Waals surface area contributed by atoms with Crippen LogP contribution >= 0.6 is 7.05 Å². The van der Waals surface area contributed by atoms with Crippen molar-refractivity contribution in [1.29, 1.82) is 0 Å². The van der Waals surface area contributed by atoms with Gasteiger partial charge in [-0.25, -0.2) is 4.74 Å². The second-order valence-corrected chi connectivity index (χ2v) is 9.91. The van der Waals surface area contributed by atoms with Gasteiger partial charge in [0.1, 0.15) is 7.05 Å². The van der Waals surface area contributed by atoms with Gasteiger partial charge in [-0.3, -0.25) is 4.79 Å². The number of nitrogens with zero attached hydrogens (tertiary/aromatic N) is 1. The first-order valence-electron chi connectivity index (χ1n) is 10.1. The maximum absolute atomic E-state index is 13.3. The first-order valence-corrected chi connectivity index (χ1v) is 11.8. The Kier molecular flexibility index (Phi) is 6.27. The number of amides is 1. The fraction of sp³-hybridized carbons (Fsp3) is 0.0357. The van der Waals surface area contributed by atoms with Gasteiger partial charge in [0.05, 0.1) is 0 Å². The van der Waals surface area contributed by atoms with E-state index in [0.717, 1.165) is 21.7 Å². The van der Waals surface area contributed by atoms with E-state index in [2.05, 4.69) is 11.6 Å². The standard InChI is InChI=1S/C28H22NOP/c1-23-17-19-25(20-18-23)28(30)29-31(26-13-7-3-8-14-26,27-15-9-4-10-16-27)22-21-24-11-5-2-6-12-24/h2-20H,1H3. The van der Waals surface area contributed by atoms with E-state index in [1.807, 2.05) is 122 Å². The lowest BCUT2D eigenvalue weighted by molar-refractivity contribution is 0.100. The van der Waals surface area contributed by atoms with Gasteiger partial charge in [-0.05, 0) is 36.9 Å². The third-order valence-corrected chi connectivity index (χ3v) is 7.94. The molecule has 4 rings (SSSR count). The first-order chi connectivity index (χ1) is 15.2. The summed E-state index contributed by atoms with van der Waals surface area (Å²) in [5, 5.41) is 1.93.